The van der Waals surface area contributed by atoms with Gasteiger partial charge in [-0.15, -0.1) is 0 Å². The number of carbonyl (C=O) groups is 2. The molecule has 6 nitrogen and oxygen atoms in total. The quantitative estimate of drug-likeness (QED) is 0.564. The number of rotatable bonds is 7. The number of aromatic nitrogens is 1. The molecule has 176 valence electrons. The standard InChI is InChI=1S/C28H31N3O3/c1-19-25(9-8-23-14-21(16-29-27(19)23)17-31-11-2-3-12-31)30-28(33)22-6-4-20(5-7-22)15-26(32)24-10-13-34-18-24/h4-9,14,16,24H,2-3,10-13,15,17-18H2,1H3,(H,30,33). The van der Waals surface area contributed by atoms with Crippen molar-refractivity contribution in [3.8, 4) is 0 Å². The number of anilines is 1. The molecular formula is C28H31N3O3. The number of benzene rings is 2. The highest BCUT2D eigenvalue weighted by Gasteiger charge is 2.23. The summed E-state index contributed by atoms with van der Waals surface area (Å²) in [5.41, 5.74) is 5.34. The molecule has 2 saturated heterocycles. The molecule has 2 aromatic carbocycles. The molecule has 6 heteroatoms. The van der Waals surface area contributed by atoms with E-state index in [0.717, 1.165) is 53.8 Å². The number of ether oxygens (including phenoxy) is 1. The van der Waals surface area contributed by atoms with E-state index in [1.54, 1.807) is 12.1 Å². The summed E-state index contributed by atoms with van der Waals surface area (Å²) in [7, 11) is 0. The first-order valence-corrected chi connectivity index (χ1v) is 12.2. The van der Waals surface area contributed by atoms with E-state index in [0.29, 0.717) is 25.2 Å². The maximum Gasteiger partial charge on any atom is 0.255 e. The maximum absolute atomic E-state index is 12.9. The van der Waals surface area contributed by atoms with E-state index in [1.165, 1.54) is 18.4 Å². The summed E-state index contributed by atoms with van der Waals surface area (Å²) in [4.78, 5) is 32.4. The second kappa shape index (κ2) is 10.0. The maximum atomic E-state index is 12.9. The number of hydrogen-bond acceptors (Lipinski definition) is 5. The third kappa shape index (κ3) is 5.03. The van der Waals surface area contributed by atoms with E-state index >= 15 is 0 Å². The average Bonchev–Trinajstić information content (AvgIpc) is 3.56. The number of hydrogen-bond donors (Lipinski definition) is 1. The molecule has 2 aliphatic heterocycles. The van der Waals surface area contributed by atoms with Gasteiger partial charge in [-0.05, 0) is 80.2 Å². The molecular weight excluding hydrogens is 426 g/mol. The Hall–Kier alpha value is -3.09. The predicted octanol–water partition coefficient (Wildman–Crippen LogP) is 4.54. The Bertz CT molecular complexity index is 1190. The van der Waals surface area contributed by atoms with E-state index in [9.17, 15) is 9.59 Å². The van der Waals surface area contributed by atoms with Gasteiger partial charge in [0.2, 0.25) is 0 Å². The number of nitrogens with zero attached hydrogens (tertiary/aromatic N) is 2. The number of Topliss-reactive ketones (excluding diaryl/α,β-unsaturated/α-hetero) is 1. The molecule has 1 unspecified atom stereocenters. The van der Waals surface area contributed by atoms with Crippen LogP contribution < -0.4 is 5.32 Å². The van der Waals surface area contributed by atoms with Crippen molar-refractivity contribution in [2.45, 2.75) is 39.2 Å². The van der Waals surface area contributed by atoms with Crippen molar-refractivity contribution in [3.05, 3.63) is 70.9 Å². The van der Waals surface area contributed by atoms with E-state index in [-0.39, 0.29) is 17.6 Å². The van der Waals surface area contributed by atoms with Crippen LogP contribution in [0.5, 0.6) is 0 Å². The van der Waals surface area contributed by atoms with Crippen molar-refractivity contribution < 1.29 is 14.3 Å². The van der Waals surface area contributed by atoms with E-state index in [2.05, 4.69) is 16.3 Å². The lowest BCUT2D eigenvalue weighted by molar-refractivity contribution is -0.122. The van der Waals surface area contributed by atoms with Gasteiger partial charge in [0.05, 0.1) is 12.1 Å². The fourth-order valence-electron chi connectivity index (χ4n) is 4.92. The van der Waals surface area contributed by atoms with Gasteiger partial charge < -0.3 is 10.1 Å². The zero-order chi connectivity index (χ0) is 23.5. The summed E-state index contributed by atoms with van der Waals surface area (Å²) in [6.07, 6.45) is 5.70. The first-order valence-electron chi connectivity index (χ1n) is 12.2. The molecule has 0 saturated carbocycles. The van der Waals surface area contributed by atoms with Gasteiger partial charge in [-0.2, -0.15) is 0 Å². The molecule has 0 radical (unpaired) electrons. The minimum atomic E-state index is -0.171. The SMILES string of the molecule is Cc1c(NC(=O)c2ccc(CC(=O)C3CCOC3)cc2)ccc2cc(CN3CCCC3)cnc12. The highest BCUT2D eigenvalue weighted by molar-refractivity contribution is 6.06. The summed E-state index contributed by atoms with van der Waals surface area (Å²) in [6, 6.07) is 13.5. The van der Waals surface area contributed by atoms with Gasteiger partial charge in [0.1, 0.15) is 5.78 Å². The van der Waals surface area contributed by atoms with Crippen LogP contribution in [0.3, 0.4) is 0 Å². The molecule has 3 heterocycles. The Balaban J connectivity index is 1.25. The molecule has 2 aliphatic rings. The normalized spacial score (nSPS) is 18.4. The number of carbonyl (C=O) groups excluding carboxylic acids is 2. The monoisotopic (exact) mass is 457 g/mol. The van der Waals surface area contributed by atoms with Crippen molar-refractivity contribution in [3.63, 3.8) is 0 Å². The summed E-state index contributed by atoms with van der Waals surface area (Å²) in [5, 5.41) is 4.12. The van der Waals surface area contributed by atoms with Crippen molar-refractivity contribution in [2.75, 3.05) is 31.6 Å². The lowest BCUT2D eigenvalue weighted by atomic mass is 9.97. The molecule has 34 heavy (non-hydrogen) atoms. The number of likely N-dealkylation sites (tertiary alicyclic amines) is 1. The van der Waals surface area contributed by atoms with Gasteiger partial charge >= 0.3 is 0 Å². The Morgan fingerprint density at radius 1 is 1.09 bits per heavy atom. The molecule has 5 rings (SSSR count). The molecule has 1 atom stereocenters. The number of pyridine rings is 1. The molecule has 1 N–H and O–H groups in total. The Labute approximate surface area is 200 Å². The molecule has 0 aliphatic carbocycles. The van der Waals surface area contributed by atoms with Gasteiger partial charge in [-0.1, -0.05) is 18.2 Å². The third-order valence-electron chi connectivity index (χ3n) is 7.00. The minimum absolute atomic E-state index is 0.00348. The molecule has 1 amide bonds. The Kier molecular flexibility index (Phi) is 6.70. The zero-order valence-electron chi connectivity index (χ0n) is 19.7. The number of fused-ring (bicyclic) bond motifs is 1. The van der Waals surface area contributed by atoms with Crippen LogP contribution in [0.4, 0.5) is 5.69 Å². The van der Waals surface area contributed by atoms with Crippen molar-refractivity contribution >= 4 is 28.3 Å². The Morgan fingerprint density at radius 3 is 2.62 bits per heavy atom. The van der Waals surface area contributed by atoms with Gasteiger partial charge in [0, 0.05) is 48.3 Å². The van der Waals surface area contributed by atoms with Gasteiger partial charge in [-0.25, -0.2) is 0 Å². The smallest absolute Gasteiger partial charge is 0.255 e. The summed E-state index contributed by atoms with van der Waals surface area (Å²) in [5.74, 6) is 0.0384. The fourth-order valence-corrected chi connectivity index (χ4v) is 4.92. The van der Waals surface area contributed by atoms with Gasteiger partial charge in [0.25, 0.3) is 5.91 Å². The second-order valence-corrected chi connectivity index (χ2v) is 9.49. The Morgan fingerprint density at radius 2 is 1.88 bits per heavy atom. The summed E-state index contributed by atoms with van der Waals surface area (Å²) >= 11 is 0. The van der Waals surface area contributed by atoms with Crippen LogP contribution in [-0.4, -0.2) is 47.9 Å². The number of aryl methyl sites for hydroxylation is 1. The molecule has 2 fully saturated rings. The predicted molar refractivity (Wildman–Crippen MR) is 133 cm³/mol. The van der Waals surface area contributed by atoms with Crippen molar-refractivity contribution in [1.29, 1.82) is 0 Å². The fraction of sp³-hybridized carbons (Fsp3) is 0.393. The van der Waals surface area contributed by atoms with Crippen molar-refractivity contribution in [2.24, 2.45) is 5.92 Å². The van der Waals surface area contributed by atoms with Gasteiger partial charge in [-0.3, -0.25) is 19.5 Å². The molecule has 1 aromatic heterocycles. The highest BCUT2D eigenvalue weighted by atomic mass is 16.5. The zero-order valence-corrected chi connectivity index (χ0v) is 19.7. The molecule has 3 aromatic rings. The third-order valence-corrected chi connectivity index (χ3v) is 7.00. The number of ketones is 1. The summed E-state index contributed by atoms with van der Waals surface area (Å²) < 4.78 is 5.31. The van der Waals surface area contributed by atoms with Crippen molar-refractivity contribution in [1.82, 2.24) is 9.88 Å². The molecule has 0 spiro atoms. The first-order chi connectivity index (χ1) is 16.6. The second-order valence-electron chi connectivity index (χ2n) is 9.49. The first kappa shape index (κ1) is 22.7. The highest BCUT2D eigenvalue weighted by Crippen LogP contribution is 2.26. The van der Waals surface area contributed by atoms with Crippen LogP contribution in [0.15, 0.2) is 48.7 Å². The van der Waals surface area contributed by atoms with Crippen LogP contribution in [-0.2, 0) is 22.5 Å². The van der Waals surface area contributed by atoms with Crippen LogP contribution in [0.2, 0.25) is 0 Å². The largest absolute Gasteiger partial charge is 0.381 e. The van der Waals surface area contributed by atoms with E-state index in [4.69, 9.17) is 9.72 Å². The number of nitrogens with one attached hydrogen (secondary N) is 1. The van der Waals surface area contributed by atoms with Crippen LogP contribution in [0.25, 0.3) is 10.9 Å². The molecule has 0 bridgehead atoms. The van der Waals surface area contributed by atoms with Crippen LogP contribution in [0, 0.1) is 12.8 Å². The van der Waals surface area contributed by atoms with Crippen LogP contribution in [0.1, 0.15) is 46.3 Å². The van der Waals surface area contributed by atoms with Gasteiger partial charge in [0.15, 0.2) is 0 Å². The summed E-state index contributed by atoms with van der Waals surface area (Å²) in [6.45, 7) is 6.45. The lowest BCUT2D eigenvalue weighted by Crippen LogP contribution is -2.18. The van der Waals surface area contributed by atoms with Crippen LogP contribution >= 0.6 is 0 Å². The topological polar surface area (TPSA) is 71.5 Å². The minimum Gasteiger partial charge on any atom is -0.381 e. The van der Waals surface area contributed by atoms with E-state index < -0.39 is 0 Å². The lowest BCUT2D eigenvalue weighted by Gasteiger charge is -2.15. The average molecular weight is 458 g/mol. The van der Waals surface area contributed by atoms with E-state index in [1.807, 2.05) is 37.4 Å². The number of amides is 1.